The molecule has 1 aliphatic rings. The van der Waals surface area contributed by atoms with Gasteiger partial charge < -0.3 is 14.5 Å². The predicted octanol–water partition coefficient (Wildman–Crippen LogP) is 1.95. The van der Waals surface area contributed by atoms with Gasteiger partial charge >= 0.3 is 12.2 Å². The number of thiophene rings is 1. The van der Waals surface area contributed by atoms with E-state index in [0.717, 1.165) is 21.5 Å². The Kier molecular flexibility index (Phi) is 5.89. The number of aromatic amines is 1. The molecule has 0 radical (unpaired) electrons. The maximum absolute atomic E-state index is 12.5. The van der Waals surface area contributed by atoms with Gasteiger partial charge in [0.05, 0.1) is 5.39 Å². The summed E-state index contributed by atoms with van der Waals surface area (Å²) in [6, 6.07) is 2.17. The first-order valence-corrected chi connectivity index (χ1v) is 10.4. The minimum atomic E-state index is -4.51. The van der Waals surface area contributed by atoms with Crippen LogP contribution in [0.25, 0.3) is 10.2 Å². The van der Waals surface area contributed by atoms with E-state index in [-0.39, 0.29) is 25.7 Å². The quantitative estimate of drug-likeness (QED) is 0.599. The first-order valence-electron chi connectivity index (χ1n) is 9.57. The van der Waals surface area contributed by atoms with E-state index in [0.29, 0.717) is 24.7 Å². The van der Waals surface area contributed by atoms with Crippen molar-refractivity contribution in [3.63, 3.8) is 0 Å². The molecule has 0 unspecified atom stereocenters. The highest BCUT2D eigenvalue weighted by molar-refractivity contribution is 7.18. The van der Waals surface area contributed by atoms with Crippen LogP contribution in [0.15, 0.2) is 6.07 Å². The molecule has 1 amide bonds. The molecule has 4 heterocycles. The lowest BCUT2D eigenvalue weighted by atomic mass is 10.2. The number of ether oxygens (including phenoxy) is 1. The third-order valence-electron chi connectivity index (χ3n) is 4.76. The van der Waals surface area contributed by atoms with Gasteiger partial charge in [-0.15, -0.1) is 16.4 Å². The molecule has 14 heteroatoms. The second kappa shape index (κ2) is 8.61. The van der Waals surface area contributed by atoms with Crippen LogP contribution in [0, 0.1) is 0 Å². The van der Waals surface area contributed by atoms with Gasteiger partial charge in [0.15, 0.2) is 12.4 Å². The number of fused-ring (bicyclic) bond motifs is 1. The monoisotopic (exact) mass is 456 g/mol. The van der Waals surface area contributed by atoms with Crippen LogP contribution in [0.5, 0.6) is 6.01 Å². The van der Waals surface area contributed by atoms with Gasteiger partial charge in [0.1, 0.15) is 17.1 Å². The number of H-pyrrole nitrogens is 1. The predicted molar refractivity (Wildman–Crippen MR) is 105 cm³/mol. The number of rotatable bonds is 6. The highest BCUT2D eigenvalue weighted by atomic mass is 32.1. The van der Waals surface area contributed by atoms with Crippen LogP contribution in [-0.4, -0.2) is 73.8 Å². The maximum atomic E-state index is 12.5. The Bertz CT molecular complexity index is 1050. The van der Waals surface area contributed by atoms with Gasteiger partial charge in [-0.3, -0.25) is 4.79 Å². The van der Waals surface area contributed by atoms with Crippen molar-refractivity contribution in [1.82, 2.24) is 35.5 Å². The SMILES string of the molecule is CCc1cc2c(N3CCN(C(=O)CC(F)(F)F)CC3)nc(OCc3nnn[nH]3)nc2s1. The number of anilines is 1. The number of halogens is 3. The third kappa shape index (κ3) is 5.00. The molecule has 1 saturated heterocycles. The molecule has 0 atom stereocenters. The zero-order valence-corrected chi connectivity index (χ0v) is 17.3. The Labute approximate surface area is 178 Å². The number of nitrogens with one attached hydrogen (secondary N) is 1. The molecule has 3 aromatic rings. The largest absolute Gasteiger partial charge is 0.455 e. The van der Waals surface area contributed by atoms with E-state index in [1.54, 1.807) is 0 Å². The fraction of sp³-hybridized carbons (Fsp3) is 0.529. The average molecular weight is 456 g/mol. The van der Waals surface area contributed by atoms with Gasteiger partial charge in [-0.05, 0) is 22.9 Å². The molecule has 1 aliphatic heterocycles. The average Bonchev–Trinajstić information content (AvgIpc) is 3.40. The second-order valence-electron chi connectivity index (χ2n) is 6.91. The minimum absolute atomic E-state index is 0.0592. The van der Waals surface area contributed by atoms with Crippen molar-refractivity contribution in [2.75, 3.05) is 31.1 Å². The number of amides is 1. The number of tetrazole rings is 1. The number of alkyl halides is 3. The summed E-state index contributed by atoms with van der Waals surface area (Å²) in [5.74, 6) is 0.144. The number of hydrogen-bond donors (Lipinski definition) is 1. The molecule has 0 bridgehead atoms. The van der Waals surface area contributed by atoms with E-state index >= 15 is 0 Å². The fourth-order valence-electron chi connectivity index (χ4n) is 3.24. The van der Waals surface area contributed by atoms with Crippen molar-refractivity contribution in [2.24, 2.45) is 0 Å². The molecule has 1 N–H and O–H groups in total. The highest BCUT2D eigenvalue weighted by Crippen LogP contribution is 2.33. The summed E-state index contributed by atoms with van der Waals surface area (Å²) >= 11 is 1.53. The van der Waals surface area contributed by atoms with Crippen LogP contribution in [0.3, 0.4) is 0 Å². The lowest BCUT2D eigenvalue weighted by Gasteiger charge is -2.35. The van der Waals surface area contributed by atoms with Crippen LogP contribution in [0.1, 0.15) is 24.0 Å². The molecule has 0 aliphatic carbocycles. The molecule has 10 nitrogen and oxygen atoms in total. The zero-order valence-electron chi connectivity index (χ0n) is 16.5. The van der Waals surface area contributed by atoms with Crippen molar-refractivity contribution >= 4 is 33.3 Å². The Hall–Kier alpha value is -3.03. The number of aromatic nitrogens is 6. The first kappa shape index (κ1) is 21.2. The van der Waals surface area contributed by atoms with Crippen molar-refractivity contribution in [1.29, 1.82) is 0 Å². The molecule has 31 heavy (non-hydrogen) atoms. The summed E-state index contributed by atoms with van der Waals surface area (Å²) in [5, 5.41) is 14.2. The number of carbonyl (C=O) groups excluding carboxylic acids is 1. The third-order valence-corrected chi connectivity index (χ3v) is 5.94. The molecule has 4 rings (SSSR count). The Balaban J connectivity index is 1.53. The topological polar surface area (TPSA) is 113 Å². The zero-order chi connectivity index (χ0) is 22.0. The van der Waals surface area contributed by atoms with E-state index in [4.69, 9.17) is 4.74 Å². The lowest BCUT2D eigenvalue weighted by molar-refractivity contribution is -0.161. The van der Waals surface area contributed by atoms with E-state index in [1.165, 1.54) is 16.2 Å². The van der Waals surface area contributed by atoms with Gasteiger partial charge in [0.25, 0.3) is 0 Å². The summed E-state index contributed by atoms with van der Waals surface area (Å²) in [7, 11) is 0. The standard InChI is InChI=1S/C17H19F3N8O2S/c1-2-10-7-11-14(28-5-3-27(4-6-28)13(29)8-17(18,19)20)21-16(22-15(11)31-10)30-9-12-23-25-26-24-12/h7H,2-6,8-9H2,1H3,(H,23,24,25,26). The van der Waals surface area contributed by atoms with Crippen LogP contribution < -0.4 is 9.64 Å². The molecule has 0 aromatic carbocycles. The van der Waals surface area contributed by atoms with Gasteiger partial charge in [0, 0.05) is 31.1 Å². The summed E-state index contributed by atoms with van der Waals surface area (Å²) in [6.45, 7) is 3.19. The van der Waals surface area contributed by atoms with Crippen LogP contribution >= 0.6 is 11.3 Å². The number of aryl methyl sites for hydroxylation is 1. The molecule has 0 saturated carbocycles. The van der Waals surface area contributed by atoms with E-state index in [1.807, 2.05) is 17.9 Å². The summed E-state index contributed by atoms with van der Waals surface area (Å²) in [6.07, 6.45) is -5.12. The summed E-state index contributed by atoms with van der Waals surface area (Å²) < 4.78 is 43.2. The van der Waals surface area contributed by atoms with Crippen molar-refractivity contribution < 1.29 is 22.7 Å². The Morgan fingerprint density at radius 2 is 2.03 bits per heavy atom. The second-order valence-corrected chi connectivity index (χ2v) is 8.03. The normalized spacial score (nSPS) is 15.0. The molecule has 1 fully saturated rings. The summed E-state index contributed by atoms with van der Waals surface area (Å²) in [5.41, 5.74) is 0. The highest BCUT2D eigenvalue weighted by Gasteiger charge is 2.34. The minimum Gasteiger partial charge on any atom is -0.455 e. The van der Waals surface area contributed by atoms with E-state index in [9.17, 15) is 18.0 Å². The number of piperazine rings is 1. The smallest absolute Gasteiger partial charge is 0.397 e. The fourth-order valence-corrected chi connectivity index (χ4v) is 4.19. The van der Waals surface area contributed by atoms with Crippen LogP contribution in [0.4, 0.5) is 19.0 Å². The molecule has 3 aromatic heterocycles. The molecule has 166 valence electrons. The maximum Gasteiger partial charge on any atom is 0.397 e. The van der Waals surface area contributed by atoms with Gasteiger partial charge in [-0.2, -0.15) is 23.1 Å². The molecular weight excluding hydrogens is 437 g/mol. The van der Waals surface area contributed by atoms with Crippen molar-refractivity contribution in [3.05, 3.63) is 16.8 Å². The van der Waals surface area contributed by atoms with Crippen molar-refractivity contribution in [3.8, 4) is 6.01 Å². The number of nitrogens with zero attached hydrogens (tertiary/aromatic N) is 7. The van der Waals surface area contributed by atoms with Crippen LogP contribution in [0.2, 0.25) is 0 Å². The van der Waals surface area contributed by atoms with Crippen LogP contribution in [-0.2, 0) is 17.8 Å². The van der Waals surface area contributed by atoms with Gasteiger partial charge in [-0.25, -0.2) is 5.10 Å². The van der Waals surface area contributed by atoms with Gasteiger partial charge in [0.2, 0.25) is 5.91 Å². The molecular formula is C17H19F3N8O2S. The number of carbonyl (C=O) groups is 1. The first-order chi connectivity index (χ1) is 14.8. The van der Waals surface area contributed by atoms with Gasteiger partial charge in [-0.1, -0.05) is 6.92 Å². The summed E-state index contributed by atoms with van der Waals surface area (Å²) in [4.78, 5) is 25.9. The lowest BCUT2D eigenvalue weighted by Crippen LogP contribution is -2.49. The molecule has 0 spiro atoms. The van der Waals surface area contributed by atoms with E-state index < -0.39 is 18.5 Å². The Morgan fingerprint density at radius 1 is 1.26 bits per heavy atom. The number of hydrogen-bond acceptors (Lipinski definition) is 9. The van der Waals surface area contributed by atoms with E-state index in [2.05, 4.69) is 30.6 Å². The van der Waals surface area contributed by atoms with Crippen molar-refractivity contribution in [2.45, 2.75) is 32.5 Å². The Morgan fingerprint density at radius 3 is 2.68 bits per heavy atom.